The summed E-state index contributed by atoms with van der Waals surface area (Å²) in [6, 6.07) is 15.0. The number of nitrogens with zero attached hydrogens (tertiary/aromatic N) is 1. The van der Waals surface area contributed by atoms with E-state index in [0.717, 1.165) is 69.5 Å². The zero-order chi connectivity index (χ0) is 21.7. The topological polar surface area (TPSA) is 41.6 Å². The number of amides is 1. The van der Waals surface area contributed by atoms with Crippen LogP contribution in [0.4, 0.5) is 4.39 Å². The molecule has 1 amide bonds. The highest BCUT2D eigenvalue weighted by Gasteiger charge is 2.41. The summed E-state index contributed by atoms with van der Waals surface area (Å²) in [5.74, 6) is 0.912. The Kier molecular flexibility index (Phi) is 6.91. The number of hydrogen-bond acceptors (Lipinski definition) is 3. The van der Waals surface area contributed by atoms with Crippen LogP contribution < -0.4 is 10.1 Å². The molecule has 2 aromatic carbocycles. The average molecular weight is 425 g/mol. The number of rotatable bonds is 2. The first-order valence-electron chi connectivity index (χ1n) is 11.5. The van der Waals surface area contributed by atoms with Crippen LogP contribution in [-0.4, -0.2) is 36.5 Å². The largest absolute Gasteiger partial charge is 0.491 e. The third-order valence-corrected chi connectivity index (χ3v) is 6.78. The highest BCUT2D eigenvalue weighted by molar-refractivity contribution is 5.83. The Hall–Kier alpha value is -2.40. The Labute approximate surface area is 184 Å². The van der Waals surface area contributed by atoms with Crippen LogP contribution in [0.5, 0.6) is 5.75 Å². The van der Waals surface area contributed by atoms with Crippen molar-refractivity contribution in [1.29, 1.82) is 0 Å². The van der Waals surface area contributed by atoms with E-state index in [9.17, 15) is 9.18 Å². The van der Waals surface area contributed by atoms with Gasteiger partial charge in [-0.15, -0.1) is 0 Å². The van der Waals surface area contributed by atoms with Gasteiger partial charge in [-0.25, -0.2) is 4.39 Å². The summed E-state index contributed by atoms with van der Waals surface area (Å²) in [5.41, 5.74) is 1.93. The number of hydrogen-bond donors (Lipinski definition) is 1. The van der Waals surface area contributed by atoms with E-state index in [1.807, 2.05) is 25.1 Å². The van der Waals surface area contributed by atoms with E-state index in [4.69, 9.17) is 4.74 Å². The van der Waals surface area contributed by atoms with E-state index >= 15 is 0 Å². The highest BCUT2D eigenvalue weighted by atomic mass is 19.1. The number of benzene rings is 2. The predicted octanol–water partition coefficient (Wildman–Crippen LogP) is 4.72. The molecule has 1 saturated heterocycles. The summed E-state index contributed by atoms with van der Waals surface area (Å²) in [6.45, 7) is 4.94. The molecule has 2 aliphatic heterocycles. The third-order valence-electron chi connectivity index (χ3n) is 6.78. The predicted molar refractivity (Wildman–Crippen MR) is 120 cm³/mol. The van der Waals surface area contributed by atoms with Gasteiger partial charge in [0.1, 0.15) is 18.2 Å². The molecule has 1 N–H and O–H groups in total. The van der Waals surface area contributed by atoms with Crippen LogP contribution in [-0.2, 0) is 17.8 Å². The van der Waals surface area contributed by atoms with Crippen molar-refractivity contribution in [2.45, 2.75) is 58.0 Å². The maximum atomic E-state index is 13.5. The van der Waals surface area contributed by atoms with Crippen molar-refractivity contribution in [2.24, 2.45) is 5.41 Å². The molecule has 4 rings (SSSR count). The highest BCUT2D eigenvalue weighted by Crippen LogP contribution is 2.38. The minimum atomic E-state index is -0.314. The van der Waals surface area contributed by atoms with Gasteiger partial charge in [0.2, 0.25) is 5.91 Å². The second kappa shape index (κ2) is 9.82. The number of ether oxygens (including phenoxy) is 1. The maximum absolute atomic E-state index is 13.5. The zero-order valence-electron chi connectivity index (χ0n) is 18.4. The number of carbonyl (C=O) groups is 1. The zero-order valence-corrected chi connectivity index (χ0v) is 18.4. The van der Waals surface area contributed by atoms with Crippen molar-refractivity contribution in [3.05, 3.63) is 65.5 Å². The van der Waals surface area contributed by atoms with Crippen molar-refractivity contribution < 1.29 is 13.9 Å². The molecule has 0 bridgehead atoms. The van der Waals surface area contributed by atoms with Crippen LogP contribution in [0, 0.1) is 11.2 Å². The Balaban J connectivity index is 1.42. The molecule has 4 nitrogen and oxygen atoms in total. The van der Waals surface area contributed by atoms with Crippen molar-refractivity contribution >= 4 is 5.91 Å². The number of likely N-dealkylation sites (tertiary alicyclic amines) is 1. The number of fused-ring (bicyclic) bond motifs is 1. The number of para-hydroxylation sites is 1. The molecule has 0 aromatic heterocycles. The third kappa shape index (κ3) is 5.45. The molecular formula is C26H33FN2O2. The Bertz CT molecular complexity index is 892. The molecule has 31 heavy (non-hydrogen) atoms. The summed E-state index contributed by atoms with van der Waals surface area (Å²) < 4.78 is 19.6. The molecular weight excluding hydrogens is 391 g/mol. The number of aryl methyl sites for hydroxylation is 1. The van der Waals surface area contributed by atoms with Crippen LogP contribution in [0.15, 0.2) is 48.5 Å². The summed E-state index contributed by atoms with van der Waals surface area (Å²) in [4.78, 5) is 15.7. The van der Waals surface area contributed by atoms with Gasteiger partial charge in [0, 0.05) is 6.54 Å². The standard InChI is InChI=1S/C26H33FN2O2/c1-20-19-31-24-11-3-2-8-22(24)9-4-5-12-26(25(30)28-20)13-15-29(16-14-26)18-21-7-6-10-23(27)17-21/h2-3,6-8,10-11,17,20H,4-5,9,12-16,18-19H2,1H3,(H,28,30)/t20-/m0/s1. The fourth-order valence-electron chi connectivity index (χ4n) is 4.89. The Morgan fingerprint density at radius 1 is 1.10 bits per heavy atom. The van der Waals surface area contributed by atoms with E-state index in [1.165, 1.54) is 11.6 Å². The average Bonchev–Trinajstić information content (AvgIpc) is 2.76. The van der Waals surface area contributed by atoms with Crippen molar-refractivity contribution in [1.82, 2.24) is 10.2 Å². The van der Waals surface area contributed by atoms with Gasteiger partial charge in [0.15, 0.2) is 0 Å². The van der Waals surface area contributed by atoms with Crippen molar-refractivity contribution in [2.75, 3.05) is 19.7 Å². The molecule has 1 spiro atoms. The normalized spacial score (nSPS) is 22.5. The van der Waals surface area contributed by atoms with Gasteiger partial charge >= 0.3 is 0 Å². The molecule has 0 aliphatic carbocycles. The smallest absolute Gasteiger partial charge is 0.226 e. The van der Waals surface area contributed by atoms with Gasteiger partial charge in [-0.3, -0.25) is 9.69 Å². The number of nitrogens with one attached hydrogen (secondary N) is 1. The van der Waals surface area contributed by atoms with Crippen molar-refractivity contribution in [3.8, 4) is 5.75 Å². The van der Waals surface area contributed by atoms with Crippen LogP contribution in [0.2, 0.25) is 0 Å². The second-order valence-corrected chi connectivity index (χ2v) is 9.19. The lowest BCUT2D eigenvalue weighted by atomic mass is 9.73. The SMILES string of the molecule is C[C@H]1COc2ccccc2CCCCC2(CCN(Cc3cccc(F)c3)CC2)C(=O)N1. The molecule has 0 saturated carbocycles. The summed E-state index contributed by atoms with van der Waals surface area (Å²) in [7, 11) is 0. The summed E-state index contributed by atoms with van der Waals surface area (Å²) in [5, 5.41) is 3.23. The van der Waals surface area contributed by atoms with Gasteiger partial charge in [-0.1, -0.05) is 36.8 Å². The fraction of sp³-hybridized carbons (Fsp3) is 0.500. The molecule has 1 fully saturated rings. The fourth-order valence-corrected chi connectivity index (χ4v) is 4.89. The van der Waals surface area contributed by atoms with Crippen LogP contribution in [0.1, 0.15) is 50.2 Å². The van der Waals surface area contributed by atoms with E-state index < -0.39 is 0 Å². The van der Waals surface area contributed by atoms with E-state index in [-0.39, 0.29) is 23.2 Å². The molecule has 0 radical (unpaired) electrons. The van der Waals surface area contributed by atoms with Crippen LogP contribution in [0.25, 0.3) is 0 Å². The monoisotopic (exact) mass is 424 g/mol. The lowest BCUT2D eigenvalue weighted by molar-refractivity contribution is -0.135. The van der Waals surface area contributed by atoms with E-state index in [0.29, 0.717) is 6.61 Å². The number of carbonyl (C=O) groups excluding carboxylic acids is 1. The number of halogens is 1. The summed E-state index contributed by atoms with van der Waals surface area (Å²) >= 11 is 0. The first-order valence-corrected chi connectivity index (χ1v) is 11.5. The molecule has 1 atom stereocenters. The molecule has 5 heteroatoms. The minimum Gasteiger partial charge on any atom is -0.491 e. The minimum absolute atomic E-state index is 0.0396. The molecule has 166 valence electrons. The quantitative estimate of drug-likeness (QED) is 0.759. The summed E-state index contributed by atoms with van der Waals surface area (Å²) in [6.07, 6.45) is 5.67. The van der Waals surface area contributed by atoms with Gasteiger partial charge in [0.25, 0.3) is 0 Å². The van der Waals surface area contributed by atoms with Gasteiger partial charge in [-0.2, -0.15) is 0 Å². The first kappa shape index (κ1) is 21.8. The van der Waals surface area contributed by atoms with Crippen LogP contribution in [0.3, 0.4) is 0 Å². The van der Waals surface area contributed by atoms with E-state index in [2.05, 4.69) is 22.3 Å². The van der Waals surface area contributed by atoms with Crippen molar-refractivity contribution in [3.63, 3.8) is 0 Å². The van der Waals surface area contributed by atoms with Gasteiger partial charge < -0.3 is 10.1 Å². The maximum Gasteiger partial charge on any atom is 0.226 e. The Morgan fingerprint density at radius 2 is 1.90 bits per heavy atom. The first-order chi connectivity index (χ1) is 15.0. The van der Waals surface area contributed by atoms with Gasteiger partial charge in [0.05, 0.1) is 11.5 Å². The number of piperidine rings is 1. The molecule has 0 unspecified atom stereocenters. The lowest BCUT2D eigenvalue weighted by Crippen LogP contribution is -2.51. The van der Waals surface area contributed by atoms with Gasteiger partial charge in [-0.05, 0) is 81.4 Å². The van der Waals surface area contributed by atoms with E-state index in [1.54, 1.807) is 12.1 Å². The lowest BCUT2D eigenvalue weighted by Gasteiger charge is -2.41. The van der Waals surface area contributed by atoms with Crippen LogP contribution >= 0.6 is 0 Å². The second-order valence-electron chi connectivity index (χ2n) is 9.19. The molecule has 2 heterocycles. The molecule has 2 aliphatic rings. The molecule has 2 aromatic rings. The Morgan fingerprint density at radius 3 is 2.71 bits per heavy atom.